The van der Waals surface area contributed by atoms with Crippen LogP contribution in [0, 0.1) is 37.5 Å². The summed E-state index contributed by atoms with van der Waals surface area (Å²) in [5.41, 5.74) is 3.05. The Labute approximate surface area is 172 Å². The standard InChI is InChI=1S/C21H19Cl2N3O2/c1-10-19(11(2)25(24-10)9-12-3-6-15(22)16(23)7-12)26-20(27)17-13-4-5-14(8-13)18(17)21(26)28/h3-7,13-14,17-18H,8-9H2,1-2H3. The highest BCUT2D eigenvalue weighted by molar-refractivity contribution is 6.42. The van der Waals surface area contributed by atoms with Crippen molar-refractivity contribution in [2.75, 3.05) is 4.90 Å². The number of hydrogen-bond acceptors (Lipinski definition) is 3. The van der Waals surface area contributed by atoms with Crippen molar-refractivity contribution >= 4 is 40.7 Å². The SMILES string of the molecule is Cc1nn(Cc2ccc(Cl)c(Cl)c2)c(C)c1N1C(=O)C2C3C=CC(C3)C2C1=O. The lowest BCUT2D eigenvalue weighted by Crippen LogP contribution is -2.33. The lowest BCUT2D eigenvalue weighted by atomic mass is 9.85. The third-order valence-electron chi connectivity index (χ3n) is 6.35. The molecule has 3 aliphatic rings. The summed E-state index contributed by atoms with van der Waals surface area (Å²) < 4.78 is 1.81. The molecule has 0 radical (unpaired) electrons. The smallest absolute Gasteiger partial charge is 0.238 e. The summed E-state index contributed by atoms with van der Waals surface area (Å²) >= 11 is 12.1. The molecule has 2 bridgehead atoms. The summed E-state index contributed by atoms with van der Waals surface area (Å²) in [5.74, 6) is -0.176. The number of hydrogen-bond donors (Lipinski definition) is 0. The highest BCUT2D eigenvalue weighted by atomic mass is 35.5. The first-order valence-corrected chi connectivity index (χ1v) is 10.2. The number of amides is 2. The average Bonchev–Trinajstić information content (AvgIpc) is 3.38. The quantitative estimate of drug-likeness (QED) is 0.558. The third-order valence-corrected chi connectivity index (χ3v) is 7.09. The predicted octanol–water partition coefficient (Wildman–Crippen LogP) is 4.17. The summed E-state index contributed by atoms with van der Waals surface area (Å²) in [6.07, 6.45) is 5.14. The van der Waals surface area contributed by atoms with E-state index in [1.165, 1.54) is 4.90 Å². The van der Waals surface area contributed by atoms with Crippen LogP contribution in [0.2, 0.25) is 10.0 Å². The molecule has 1 saturated heterocycles. The fourth-order valence-electron chi connectivity index (χ4n) is 5.10. The Hall–Kier alpha value is -2.11. The molecule has 7 heteroatoms. The molecule has 4 atom stereocenters. The lowest BCUT2D eigenvalue weighted by molar-refractivity contribution is -0.123. The zero-order valence-corrected chi connectivity index (χ0v) is 17.0. The van der Waals surface area contributed by atoms with E-state index in [0.29, 0.717) is 28.0 Å². The number of carbonyl (C=O) groups excluding carboxylic acids is 2. The van der Waals surface area contributed by atoms with Crippen molar-refractivity contribution in [3.8, 4) is 0 Å². The maximum atomic E-state index is 13.1. The normalized spacial score (nSPS) is 27.9. The van der Waals surface area contributed by atoms with E-state index in [4.69, 9.17) is 23.2 Å². The van der Waals surface area contributed by atoms with E-state index in [1.807, 2.05) is 24.6 Å². The second-order valence-corrected chi connectivity index (χ2v) is 8.75. The molecular formula is C21H19Cl2N3O2. The molecule has 1 aromatic carbocycles. The highest BCUT2D eigenvalue weighted by Gasteiger charge is 2.60. The van der Waals surface area contributed by atoms with Crippen LogP contribution in [0.4, 0.5) is 5.69 Å². The number of imide groups is 1. The highest BCUT2D eigenvalue weighted by Crippen LogP contribution is 2.53. The topological polar surface area (TPSA) is 55.2 Å². The fraction of sp³-hybridized carbons (Fsp3) is 0.381. The van der Waals surface area contributed by atoms with E-state index < -0.39 is 0 Å². The van der Waals surface area contributed by atoms with Crippen LogP contribution < -0.4 is 4.90 Å². The van der Waals surface area contributed by atoms with Gasteiger partial charge in [-0.3, -0.25) is 14.3 Å². The monoisotopic (exact) mass is 415 g/mol. The van der Waals surface area contributed by atoms with Gasteiger partial charge in [0.15, 0.2) is 0 Å². The van der Waals surface area contributed by atoms with Gasteiger partial charge in [-0.25, -0.2) is 4.90 Å². The fourth-order valence-corrected chi connectivity index (χ4v) is 5.42. The number of rotatable bonds is 3. The van der Waals surface area contributed by atoms with Gasteiger partial charge in [0.1, 0.15) is 0 Å². The first kappa shape index (κ1) is 18.0. The number of aromatic nitrogens is 2. The number of benzene rings is 1. The number of halogens is 2. The van der Waals surface area contributed by atoms with Gasteiger partial charge < -0.3 is 0 Å². The molecule has 2 amide bonds. The second-order valence-electron chi connectivity index (χ2n) is 7.94. The summed E-state index contributed by atoms with van der Waals surface area (Å²) in [6, 6.07) is 5.45. The number of anilines is 1. The molecule has 0 N–H and O–H groups in total. The molecule has 28 heavy (non-hydrogen) atoms. The molecule has 5 rings (SSSR count). The Morgan fingerprint density at radius 1 is 1.04 bits per heavy atom. The average molecular weight is 416 g/mol. The van der Waals surface area contributed by atoms with Crippen LogP contribution in [0.1, 0.15) is 23.4 Å². The molecule has 2 aliphatic carbocycles. The van der Waals surface area contributed by atoms with E-state index >= 15 is 0 Å². The van der Waals surface area contributed by atoms with Crippen molar-refractivity contribution in [2.45, 2.75) is 26.8 Å². The molecule has 5 nitrogen and oxygen atoms in total. The van der Waals surface area contributed by atoms with E-state index in [-0.39, 0.29) is 35.5 Å². The van der Waals surface area contributed by atoms with Gasteiger partial charge in [0, 0.05) is 0 Å². The molecule has 144 valence electrons. The molecule has 2 heterocycles. The Morgan fingerprint density at radius 3 is 2.29 bits per heavy atom. The summed E-state index contributed by atoms with van der Waals surface area (Å²) in [4.78, 5) is 27.7. The van der Waals surface area contributed by atoms with Crippen LogP contribution in [0.3, 0.4) is 0 Å². The summed E-state index contributed by atoms with van der Waals surface area (Å²) in [6.45, 7) is 4.23. The van der Waals surface area contributed by atoms with Crippen molar-refractivity contribution in [2.24, 2.45) is 23.7 Å². The molecule has 4 unspecified atom stereocenters. The Balaban J connectivity index is 1.49. The van der Waals surface area contributed by atoms with E-state index in [2.05, 4.69) is 17.3 Å². The van der Waals surface area contributed by atoms with Crippen molar-refractivity contribution in [3.63, 3.8) is 0 Å². The number of allylic oxidation sites excluding steroid dienone is 2. The first-order valence-electron chi connectivity index (χ1n) is 9.41. The van der Waals surface area contributed by atoms with Crippen molar-refractivity contribution in [3.05, 3.63) is 57.3 Å². The van der Waals surface area contributed by atoms with Crippen LogP contribution in [-0.2, 0) is 16.1 Å². The van der Waals surface area contributed by atoms with Crippen LogP contribution in [0.5, 0.6) is 0 Å². The van der Waals surface area contributed by atoms with Crippen LogP contribution in [-0.4, -0.2) is 21.6 Å². The Morgan fingerprint density at radius 2 is 1.68 bits per heavy atom. The van der Waals surface area contributed by atoms with Gasteiger partial charge in [-0.05, 0) is 49.8 Å². The number of carbonyl (C=O) groups is 2. The van der Waals surface area contributed by atoms with Gasteiger partial charge in [0.2, 0.25) is 11.8 Å². The van der Waals surface area contributed by atoms with Crippen molar-refractivity contribution in [1.82, 2.24) is 9.78 Å². The van der Waals surface area contributed by atoms with Crippen LogP contribution in [0.25, 0.3) is 0 Å². The summed E-state index contributed by atoms with van der Waals surface area (Å²) in [5, 5.41) is 5.59. The van der Waals surface area contributed by atoms with Gasteiger partial charge in [0.05, 0.1) is 45.5 Å². The molecule has 1 aliphatic heterocycles. The van der Waals surface area contributed by atoms with E-state index in [9.17, 15) is 9.59 Å². The molecular weight excluding hydrogens is 397 g/mol. The Bertz CT molecular complexity index is 1030. The predicted molar refractivity (Wildman–Crippen MR) is 107 cm³/mol. The Kier molecular flexibility index (Phi) is 3.97. The molecule has 2 aromatic rings. The molecule has 2 fully saturated rings. The third kappa shape index (κ3) is 2.42. The number of aryl methyl sites for hydroxylation is 1. The minimum Gasteiger partial charge on any atom is -0.274 e. The maximum absolute atomic E-state index is 13.1. The lowest BCUT2D eigenvalue weighted by Gasteiger charge is -2.18. The van der Waals surface area contributed by atoms with Crippen molar-refractivity contribution < 1.29 is 9.59 Å². The molecule has 0 spiro atoms. The van der Waals surface area contributed by atoms with Crippen LogP contribution >= 0.6 is 23.2 Å². The van der Waals surface area contributed by atoms with Crippen molar-refractivity contribution in [1.29, 1.82) is 0 Å². The minimum atomic E-state index is -0.209. The number of nitrogens with zero attached hydrogens (tertiary/aromatic N) is 3. The zero-order valence-electron chi connectivity index (χ0n) is 15.5. The minimum absolute atomic E-state index is 0.0767. The van der Waals surface area contributed by atoms with Gasteiger partial charge in [-0.15, -0.1) is 0 Å². The zero-order chi connectivity index (χ0) is 19.7. The molecule has 1 saturated carbocycles. The van der Waals surface area contributed by atoms with Crippen LogP contribution in [0.15, 0.2) is 30.4 Å². The van der Waals surface area contributed by atoms with Gasteiger partial charge >= 0.3 is 0 Å². The van der Waals surface area contributed by atoms with E-state index in [1.54, 1.807) is 12.1 Å². The summed E-state index contributed by atoms with van der Waals surface area (Å²) in [7, 11) is 0. The second kappa shape index (κ2) is 6.19. The van der Waals surface area contributed by atoms with Gasteiger partial charge in [-0.2, -0.15) is 5.10 Å². The number of fused-ring (bicyclic) bond motifs is 5. The van der Waals surface area contributed by atoms with Gasteiger partial charge in [0.25, 0.3) is 0 Å². The van der Waals surface area contributed by atoms with Gasteiger partial charge in [-0.1, -0.05) is 41.4 Å². The molecule has 1 aromatic heterocycles. The largest absolute Gasteiger partial charge is 0.274 e. The maximum Gasteiger partial charge on any atom is 0.238 e. The van der Waals surface area contributed by atoms with E-state index in [0.717, 1.165) is 17.7 Å². The first-order chi connectivity index (χ1) is 13.4.